The van der Waals surface area contributed by atoms with Crippen LogP contribution in [0.2, 0.25) is 13.1 Å². The van der Waals surface area contributed by atoms with Gasteiger partial charge in [0.1, 0.15) is 8.07 Å². The van der Waals surface area contributed by atoms with Crippen LogP contribution in [0.15, 0.2) is 84.9 Å². The fraction of sp³-hybridized carbons (Fsp3) is 0.0909. The molecule has 0 aromatic heterocycles. The molecule has 0 amide bonds. The Balaban J connectivity index is 1.93. The van der Waals surface area contributed by atoms with Gasteiger partial charge in [-0.1, -0.05) is 96.0 Å². The fourth-order valence-electron chi connectivity index (χ4n) is 2.67. The van der Waals surface area contributed by atoms with Crippen LogP contribution in [0, 0.1) is 11.8 Å². The largest absolute Gasteiger partial charge is 0.112 e. The van der Waals surface area contributed by atoms with Crippen LogP contribution in [0.25, 0.3) is 0 Å². The summed E-state index contributed by atoms with van der Waals surface area (Å²) in [6, 6.07) is 29.7. The lowest BCUT2D eigenvalue weighted by Gasteiger charge is -2.23. The highest BCUT2D eigenvalue weighted by molar-refractivity contribution is 7.00. The first-order valence-corrected chi connectivity index (χ1v) is 10.9. The Labute approximate surface area is 139 Å². The Hall–Kier alpha value is -2.56. The van der Waals surface area contributed by atoms with Gasteiger partial charge in [0.05, 0.1) is 0 Å². The molecule has 0 atom stereocenters. The predicted octanol–water partition coefficient (Wildman–Crippen LogP) is 3.91. The zero-order chi connectivity index (χ0) is 16.1. The van der Waals surface area contributed by atoms with Crippen LogP contribution in [-0.4, -0.2) is 8.07 Å². The van der Waals surface area contributed by atoms with Crippen molar-refractivity contribution in [3.8, 4) is 11.8 Å². The zero-order valence-electron chi connectivity index (χ0n) is 13.6. The number of hydrogen-bond acceptors (Lipinski definition) is 0. The Morgan fingerprint density at radius 3 is 1.78 bits per heavy atom. The molecule has 112 valence electrons. The molecule has 3 aromatic rings. The van der Waals surface area contributed by atoms with Gasteiger partial charge in [-0.15, -0.1) is 0 Å². The van der Waals surface area contributed by atoms with Gasteiger partial charge in [0.2, 0.25) is 0 Å². The Morgan fingerprint density at radius 1 is 0.565 bits per heavy atom. The van der Waals surface area contributed by atoms with Gasteiger partial charge >= 0.3 is 0 Å². The van der Waals surface area contributed by atoms with Gasteiger partial charge in [0.25, 0.3) is 0 Å². The number of rotatable bonds is 2. The third kappa shape index (κ3) is 3.61. The molecule has 3 aromatic carbocycles. The summed E-state index contributed by atoms with van der Waals surface area (Å²) in [7, 11) is -1.66. The molecule has 0 unspecified atom stereocenters. The van der Waals surface area contributed by atoms with Crippen LogP contribution < -0.4 is 10.4 Å². The third-order valence-electron chi connectivity index (χ3n) is 4.20. The molecule has 0 radical (unpaired) electrons. The molecule has 0 spiro atoms. The van der Waals surface area contributed by atoms with Gasteiger partial charge in [0.15, 0.2) is 0 Å². The fourth-order valence-corrected chi connectivity index (χ4v) is 5.06. The minimum Gasteiger partial charge on any atom is -0.0626 e. The summed E-state index contributed by atoms with van der Waals surface area (Å²) in [5.41, 5.74) is 2.14. The molecular formula is C22H20Si. The summed E-state index contributed by atoms with van der Waals surface area (Å²) < 4.78 is 0. The van der Waals surface area contributed by atoms with E-state index in [-0.39, 0.29) is 0 Å². The van der Waals surface area contributed by atoms with Crippen LogP contribution in [-0.2, 0) is 0 Å². The van der Waals surface area contributed by atoms with Crippen molar-refractivity contribution < 1.29 is 0 Å². The first kappa shape index (κ1) is 15.3. The molecule has 1 heteroatoms. The molecule has 0 heterocycles. The highest BCUT2D eigenvalue weighted by Crippen LogP contribution is 2.07. The van der Waals surface area contributed by atoms with Crippen molar-refractivity contribution >= 4 is 18.4 Å². The van der Waals surface area contributed by atoms with Crippen molar-refractivity contribution in [3.05, 3.63) is 96.1 Å². The van der Waals surface area contributed by atoms with Crippen molar-refractivity contribution in [2.45, 2.75) is 13.1 Å². The van der Waals surface area contributed by atoms with E-state index >= 15 is 0 Å². The molecule has 0 N–H and O–H groups in total. The van der Waals surface area contributed by atoms with Crippen LogP contribution in [0.3, 0.4) is 0 Å². The summed E-state index contributed by atoms with van der Waals surface area (Å²) in [6.45, 7) is 4.79. The first-order valence-electron chi connectivity index (χ1n) is 7.89. The van der Waals surface area contributed by atoms with Crippen molar-refractivity contribution in [1.82, 2.24) is 0 Å². The van der Waals surface area contributed by atoms with E-state index in [1.807, 2.05) is 30.3 Å². The average Bonchev–Trinajstić information content (AvgIpc) is 2.62. The SMILES string of the molecule is C[Si](C)(c1ccccc1)c1cccc(C#Cc2ccccc2)c1. The summed E-state index contributed by atoms with van der Waals surface area (Å²) in [4.78, 5) is 0. The lowest BCUT2D eigenvalue weighted by atomic mass is 10.2. The monoisotopic (exact) mass is 312 g/mol. The second kappa shape index (κ2) is 6.69. The molecule has 0 saturated heterocycles. The van der Waals surface area contributed by atoms with E-state index < -0.39 is 8.07 Å². The Bertz CT molecular complexity index is 837. The van der Waals surface area contributed by atoms with Gasteiger partial charge in [-0.3, -0.25) is 0 Å². The van der Waals surface area contributed by atoms with Gasteiger partial charge in [-0.05, 0) is 24.3 Å². The van der Waals surface area contributed by atoms with Gasteiger partial charge in [-0.2, -0.15) is 0 Å². The lowest BCUT2D eigenvalue weighted by Crippen LogP contribution is -2.52. The number of hydrogen-bond donors (Lipinski definition) is 0. The molecule has 23 heavy (non-hydrogen) atoms. The molecule has 0 saturated carbocycles. The van der Waals surface area contributed by atoms with E-state index in [0.717, 1.165) is 11.1 Å². The van der Waals surface area contributed by atoms with Crippen LogP contribution >= 0.6 is 0 Å². The van der Waals surface area contributed by atoms with Gasteiger partial charge in [-0.25, -0.2) is 0 Å². The van der Waals surface area contributed by atoms with Crippen molar-refractivity contribution in [2.24, 2.45) is 0 Å². The minimum absolute atomic E-state index is 1.05. The Kier molecular flexibility index (Phi) is 4.46. The van der Waals surface area contributed by atoms with Gasteiger partial charge < -0.3 is 0 Å². The van der Waals surface area contributed by atoms with E-state index in [9.17, 15) is 0 Å². The predicted molar refractivity (Wildman–Crippen MR) is 102 cm³/mol. The minimum atomic E-state index is -1.66. The smallest absolute Gasteiger partial charge is 0.0626 e. The highest BCUT2D eigenvalue weighted by atomic mass is 28.3. The number of benzene rings is 3. The zero-order valence-corrected chi connectivity index (χ0v) is 14.6. The van der Waals surface area contributed by atoms with E-state index in [1.165, 1.54) is 10.4 Å². The summed E-state index contributed by atoms with van der Waals surface area (Å²) in [5, 5.41) is 2.87. The molecule has 0 aliphatic rings. The molecular weight excluding hydrogens is 292 g/mol. The molecule has 0 bridgehead atoms. The summed E-state index contributed by atoms with van der Waals surface area (Å²) in [5.74, 6) is 6.54. The molecule has 0 aliphatic heterocycles. The summed E-state index contributed by atoms with van der Waals surface area (Å²) in [6.07, 6.45) is 0. The second-order valence-electron chi connectivity index (χ2n) is 6.19. The Morgan fingerprint density at radius 2 is 1.09 bits per heavy atom. The van der Waals surface area contributed by atoms with Crippen LogP contribution in [0.5, 0.6) is 0 Å². The standard InChI is InChI=1S/C22H20Si/c1-23(2,21-13-7-4-8-14-21)22-15-9-12-20(18-22)17-16-19-10-5-3-6-11-19/h3-15,18H,1-2H3. The van der Waals surface area contributed by atoms with Crippen molar-refractivity contribution in [3.63, 3.8) is 0 Å². The molecule has 0 nitrogen and oxygen atoms in total. The maximum atomic E-state index is 3.30. The normalized spacial score (nSPS) is 10.7. The summed E-state index contributed by atoms with van der Waals surface area (Å²) >= 11 is 0. The first-order chi connectivity index (χ1) is 11.2. The van der Waals surface area contributed by atoms with E-state index in [2.05, 4.69) is 79.5 Å². The highest BCUT2D eigenvalue weighted by Gasteiger charge is 2.25. The van der Waals surface area contributed by atoms with E-state index in [0.29, 0.717) is 0 Å². The van der Waals surface area contributed by atoms with Gasteiger partial charge in [0, 0.05) is 11.1 Å². The van der Waals surface area contributed by atoms with E-state index in [4.69, 9.17) is 0 Å². The van der Waals surface area contributed by atoms with Crippen LogP contribution in [0.1, 0.15) is 11.1 Å². The van der Waals surface area contributed by atoms with Crippen LogP contribution in [0.4, 0.5) is 0 Å². The lowest BCUT2D eigenvalue weighted by molar-refractivity contribution is 1.62. The average molecular weight is 312 g/mol. The topological polar surface area (TPSA) is 0 Å². The molecule has 0 aliphatic carbocycles. The maximum Gasteiger partial charge on any atom is 0.112 e. The quantitative estimate of drug-likeness (QED) is 0.497. The maximum absolute atomic E-state index is 3.30. The van der Waals surface area contributed by atoms with E-state index in [1.54, 1.807) is 0 Å². The third-order valence-corrected chi connectivity index (χ3v) is 7.74. The second-order valence-corrected chi connectivity index (χ2v) is 10.6. The molecule has 3 rings (SSSR count). The molecule has 0 fully saturated rings. The van der Waals surface area contributed by atoms with Crippen molar-refractivity contribution in [2.75, 3.05) is 0 Å². The van der Waals surface area contributed by atoms with Crippen molar-refractivity contribution in [1.29, 1.82) is 0 Å².